The molecule has 2 bridgehead atoms. The van der Waals surface area contributed by atoms with E-state index in [9.17, 15) is 20.1 Å². The lowest BCUT2D eigenvalue weighted by molar-refractivity contribution is -0.130. The molecule has 0 spiro atoms. The number of hydrogen-bond donors (Lipinski definition) is 4. The molecule has 2 amide bonds. The molecule has 9 nitrogen and oxygen atoms in total. The Kier molecular flexibility index (Phi) is 8.46. The number of benzene rings is 2. The van der Waals surface area contributed by atoms with Gasteiger partial charge in [0.1, 0.15) is 12.1 Å². The second-order valence-electron chi connectivity index (χ2n) is 11.3. The first-order chi connectivity index (χ1) is 19.4. The number of carbonyl (C=O) groups excluding carboxylic acids is 2. The lowest BCUT2D eigenvalue weighted by Gasteiger charge is -2.32. The molecule has 2 saturated heterocycles. The van der Waals surface area contributed by atoms with Gasteiger partial charge in [0, 0.05) is 32.1 Å². The van der Waals surface area contributed by atoms with Crippen molar-refractivity contribution < 1.29 is 14.3 Å². The number of piperidine rings is 1. The number of amides is 2. The highest BCUT2D eigenvalue weighted by Gasteiger charge is 2.43. The molecule has 3 aliphatic rings. The summed E-state index contributed by atoms with van der Waals surface area (Å²) in [5.74, 6) is 0.00828. The Balaban J connectivity index is 1.14. The van der Waals surface area contributed by atoms with Gasteiger partial charge >= 0.3 is 0 Å². The third-order valence-corrected chi connectivity index (χ3v) is 8.53. The number of nitrogens with one attached hydrogen (secondary N) is 3. The lowest BCUT2D eigenvalue weighted by Crippen LogP contribution is -2.58. The molecule has 5 rings (SSSR count). The molecule has 5 N–H and O–H groups in total. The summed E-state index contributed by atoms with van der Waals surface area (Å²) in [6.45, 7) is 0.885. The molecule has 2 heterocycles. The number of nitrogens with two attached hydrogens (primary N) is 1. The summed E-state index contributed by atoms with van der Waals surface area (Å²) in [6.07, 6.45) is 4.97. The Morgan fingerprint density at radius 2 is 1.48 bits per heavy atom. The maximum absolute atomic E-state index is 12.7. The van der Waals surface area contributed by atoms with Gasteiger partial charge in [-0.05, 0) is 60.3 Å². The number of ether oxygens (including phenoxy) is 1. The first-order valence-electron chi connectivity index (χ1n) is 14.1. The highest BCUT2D eigenvalue weighted by molar-refractivity contribution is 5.86. The minimum atomic E-state index is -0.991. The quantitative estimate of drug-likeness (QED) is 0.380. The molecule has 2 aromatic rings. The normalized spacial score (nSPS) is 24.3. The van der Waals surface area contributed by atoms with Crippen LogP contribution in [0.4, 0.5) is 0 Å². The highest BCUT2D eigenvalue weighted by Crippen LogP contribution is 2.35. The molecule has 0 radical (unpaired) electrons. The van der Waals surface area contributed by atoms with Crippen LogP contribution in [0.25, 0.3) is 11.1 Å². The summed E-state index contributed by atoms with van der Waals surface area (Å²) in [5.41, 5.74) is 9.20. The van der Waals surface area contributed by atoms with Crippen LogP contribution in [0.2, 0.25) is 0 Å². The number of hydrogen-bond acceptors (Lipinski definition) is 7. The van der Waals surface area contributed by atoms with E-state index in [1.165, 1.54) is 0 Å². The van der Waals surface area contributed by atoms with Crippen molar-refractivity contribution in [1.29, 1.82) is 10.5 Å². The molecule has 5 unspecified atom stereocenters. The second kappa shape index (κ2) is 12.2. The fraction of sp³-hybridized carbons (Fsp3) is 0.484. The van der Waals surface area contributed by atoms with Gasteiger partial charge in [0.2, 0.25) is 11.8 Å². The maximum Gasteiger partial charge on any atom is 0.241 e. The average Bonchev–Trinajstić information content (AvgIpc) is 3.62. The van der Waals surface area contributed by atoms with E-state index >= 15 is 0 Å². The number of rotatable bonds is 9. The van der Waals surface area contributed by atoms with Crippen LogP contribution in [0.1, 0.15) is 43.2 Å². The van der Waals surface area contributed by atoms with Crippen LogP contribution in [0.15, 0.2) is 48.5 Å². The van der Waals surface area contributed by atoms with Gasteiger partial charge in [-0.25, -0.2) is 0 Å². The summed E-state index contributed by atoms with van der Waals surface area (Å²) >= 11 is 0. The largest absolute Gasteiger partial charge is 0.381 e. The van der Waals surface area contributed by atoms with Crippen molar-refractivity contribution in [3.63, 3.8) is 0 Å². The highest BCUT2D eigenvalue weighted by atomic mass is 16.5. The van der Waals surface area contributed by atoms with E-state index in [1.807, 2.05) is 48.5 Å². The molecule has 9 heteroatoms. The Morgan fingerprint density at radius 1 is 0.925 bits per heavy atom. The van der Waals surface area contributed by atoms with Gasteiger partial charge in [0.25, 0.3) is 0 Å². The zero-order valence-electron chi connectivity index (χ0n) is 22.6. The van der Waals surface area contributed by atoms with Crippen molar-refractivity contribution in [2.24, 2.45) is 11.7 Å². The van der Waals surface area contributed by atoms with Crippen LogP contribution in [-0.4, -0.2) is 54.7 Å². The molecule has 0 aromatic heterocycles. The zero-order chi connectivity index (χ0) is 28.1. The van der Waals surface area contributed by atoms with Crippen molar-refractivity contribution in [2.45, 2.75) is 74.7 Å². The van der Waals surface area contributed by atoms with E-state index < -0.39 is 17.6 Å². The van der Waals surface area contributed by atoms with E-state index in [0.29, 0.717) is 50.9 Å². The van der Waals surface area contributed by atoms with Gasteiger partial charge in [-0.3, -0.25) is 9.59 Å². The molecule has 40 heavy (non-hydrogen) atoms. The van der Waals surface area contributed by atoms with Crippen molar-refractivity contribution in [2.75, 3.05) is 13.2 Å². The number of fused-ring (bicyclic) bond motifs is 2. The third kappa shape index (κ3) is 6.34. The number of nitrogens with zero attached hydrogens (tertiary/aromatic N) is 2. The molecule has 1 saturated carbocycles. The van der Waals surface area contributed by atoms with Gasteiger partial charge < -0.3 is 26.4 Å². The SMILES string of the molecule is N#CC(Cc1ccc(-c2ccc(CC(C#N)NC(=O)C3(N)CCOCC3)cc2)cc1)NC(=O)C1NC2CCC1C2. The van der Waals surface area contributed by atoms with Crippen molar-refractivity contribution in [1.82, 2.24) is 16.0 Å². The monoisotopic (exact) mass is 540 g/mol. The third-order valence-electron chi connectivity index (χ3n) is 8.53. The molecule has 2 aliphatic heterocycles. The Bertz CT molecular complexity index is 1290. The van der Waals surface area contributed by atoms with E-state index in [1.54, 1.807) is 0 Å². The number of nitriles is 2. The van der Waals surface area contributed by atoms with Crippen molar-refractivity contribution in [3.05, 3.63) is 59.7 Å². The first-order valence-corrected chi connectivity index (χ1v) is 14.1. The van der Waals surface area contributed by atoms with Gasteiger partial charge in [0.05, 0.1) is 23.7 Å². The van der Waals surface area contributed by atoms with E-state index in [0.717, 1.165) is 41.5 Å². The summed E-state index contributed by atoms with van der Waals surface area (Å²) in [6, 6.07) is 19.3. The van der Waals surface area contributed by atoms with E-state index in [2.05, 4.69) is 28.1 Å². The van der Waals surface area contributed by atoms with Crippen molar-refractivity contribution >= 4 is 11.8 Å². The Labute approximate surface area is 235 Å². The summed E-state index contributed by atoms with van der Waals surface area (Å²) in [7, 11) is 0. The lowest BCUT2D eigenvalue weighted by atomic mass is 9.90. The van der Waals surface area contributed by atoms with Crippen LogP contribution in [-0.2, 0) is 27.2 Å². The van der Waals surface area contributed by atoms with Crippen LogP contribution < -0.4 is 21.7 Å². The molecule has 3 fully saturated rings. The van der Waals surface area contributed by atoms with Gasteiger partial charge in [0.15, 0.2) is 0 Å². The van der Waals surface area contributed by atoms with Gasteiger partial charge in [-0.1, -0.05) is 48.5 Å². The molecule has 1 aliphatic carbocycles. The summed E-state index contributed by atoms with van der Waals surface area (Å²) in [5, 5.41) is 28.4. The smallest absolute Gasteiger partial charge is 0.241 e. The van der Waals surface area contributed by atoms with Crippen molar-refractivity contribution in [3.8, 4) is 23.3 Å². The minimum Gasteiger partial charge on any atom is -0.381 e. The van der Waals surface area contributed by atoms with Crippen LogP contribution in [0.3, 0.4) is 0 Å². The fourth-order valence-corrected chi connectivity index (χ4v) is 6.07. The van der Waals surface area contributed by atoms with Crippen LogP contribution in [0.5, 0.6) is 0 Å². The summed E-state index contributed by atoms with van der Waals surface area (Å²) < 4.78 is 5.30. The maximum atomic E-state index is 12.7. The Hall–Kier alpha value is -3.76. The van der Waals surface area contributed by atoms with E-state index in [-0.39, 0.29) is 17.9 Å². The van der Waals surface area contributed by atoms with Gasteiger partial charge in [-0.2, -0.15) is 10.5 Å². The molecular weight excluding hydrogens is 504 g/mol. The fourth-order valence-electron chi connectivity index (χ4n) is 6.07. The predicted molar refractivity (Wildman–Crippen MR) is 149 cm³/mol. The summed E-state index contributed by atoms with van der Waals surface area (Å²) in [4.78, 5) is 25.4. The molecule has 5 atom stereocenters. The van der Waals surface area contributed by atoms with E-state index in [4.69, 9.17) is 10.5 Å². The Morgan fingerprint density at radius 3 is 1.95 bits per heavy atom. The number of carbonyl (C=O) groups is 2. The molecule has 208 valence electrons. The standard InChI is InChI=1S/C31H36N6O3/c32-18-26(36-29(38)28-24-9-10-25(17-24)35-28)15-20-1-5-22(6-2-20)23-7-3-21(4-8-23)16-27(19-33)37-30(39)31(34)11-13-40-14-12-31/h1-8,24-28,35H,9-17,34H2,(H,36,38)(H,37,39). The zero-order valence-corrected chi connectivity index (χ0v) is 22.6. The average molecular weight is 541 g/mol. The van der Waals surface area contributed by atoms with Crippen LogP contribution >= 0.6 is 0 Å². The van der Waals surface area contributed by atoms with Gasteiger partial charge in [-0.15, -0.1) is 0 Å². The van der Waals surface area contributed by atoms with Crippen LogP contribution in [0, 0.1) is 28.6 Å². The topological polar surface area (TPSA) is 153 Å². The second-order valence-corrected chi connectivity index (χ2v) is 11.3. The predicted octanol–water partition coefficient (Wildman–Crippen LogP) is 2.10. The molecule has 2 aromatic carbocycles. The minimum absolute atomic E-state index is 0.0696. The first kappa shape index (κ1) is 27.8. The molecular formula is C31H36N6O3.